The summed E-state index contributed by atoms with van der Waals surface area (Å²) in [6.45, 7) is 9.72. The lowest BCUT2D eigenvalue weighted by molar-refractivity contribution is -0.332. The number of hydrogen-bond acceptors (Lipinski definition) is 5. The highest BCUT2D eigenvalue weighted by Gasteiger charge is 2.60. The molecular formula is C26H30O5. The molecule has 1 aromatic rings. The maximum absolute atomic E-state index is 12.7. The second-order valence-electron chi connectivity index (χ2n) is 8.87. The molecule has 4 rings (SSSR count). The average molecular weight is 423 g/mol. The molecule has 0 aromatic heterocycles. The largest absolute Gasteiger partial charge is 0.458 e. The standard InChI is InChI=1S/C26H30O5/c1-4-5-9-17(2)23(27)13-12-21-22-16-26(30-18(3)31-26)15-20(22)14-24(21)29-25(28)19-10-7-6-8-11-19/h6-8,10-13,20-22,24H,2-5,9,14-16H2,1H3/b13-12+/t20-,21-,22+,24-/m1/s1. The quantitative estimate of drug-likeness (QED) is 0.418. The van der Waals surface area contributed by atoms with Crippen molar-refractivity contribution in [3.05, 3.63) is 72.7 Å². The summed E-state index contributed by atoms with van der Waals surface area (Å²) >= 11 is 0. The Morgan fingerprint density at radius 1 is 1.23 bits per heavy atom. The third-order valence-electron chi connectivity index (χ3n) is 6.70. The Labute approximate surface area is 183 Å². The molecule has 4 atom stereocenters. The van der Waals surface area contributed by atoms with Gasteiger partial charge in [0, 0.05) is 18.8 Å². The summed E-state index contributed by atoms with van der Waals surface area (Å²) in [6.07, 6.45) is 8.10. The van der Waals surface area contributed by atoms with Crippen molar-refractivity contribution in [3.8, 4) is 0 Å². The monoisotopic (exact) mass is 422 g/mol. The number of esters is 1. The van der Waals surface area contributed by atoms with E-state index in [0.717, 1.165) is 25.7 Å². The summed E-state index contributed by atoms with van der Waals surface area (Å²) in [6, 6.07) is 9.01. The molecule has 0 amide bonds. The summed E-state index contributed by atoms with van der Waals surface area (Å²) in [5, 5.41) is 0. The molecular weight excluding hydrogens is 392 g/mol. The molecule has 2 saturated carbocycles. The van der Waals surface area contributed by atoms with Crippen LogP contribution in [0, 0.1) is 17.8 Å². The summed E-state index contributed by atoms with van der Waals surface area (Å²) in [5.74, 6) is -0.169. The lowest BCUT2D eigenvalue weighted by atomic mass is 9.90. The fourth-order valence-electron chi connectivity index (χ4n) is 5.19. The van der Waals surface area contributed by atoms with Crippen molar-refractivity contribution >= 4 is 11.8 Å². The number of unbranched alkanes of at least 4 members (excludes halogenated alkanes) is 1. The lowest BCUT2D eigenvalue weighted by Gasteiger charge is -2.41. The van der Waals surface area contributed by atoms with E-state index in [-0.39, 0.29) is 29.7 Å². The van der Waals surface area contributed by atoms with Gasteiger partial charge in [-0.05, 0) is 61.5 Å². The number of fused-ring (bicyclic) bond motifs is 1. The van der Waals surface area contributed by atoms with Crippen LogP contribution in [0.25, 0.3) is 0 Å². The van der Waals surface area contributed by atoms with Crippen molar-refractivity contribution in [2.24, 2.45) is 17.8 Å². The molecule has 1 spiro atoms. The first-order valence-electron chi connectivity index (χ1n) is 11.1. The molecule has 3 fully saturated rings. The molecule has 1 saturated heterocycles. The van der Waals surface area contributed by atoms with Gasteiger partial charge in [0.15, 0.2) is 5.78 Å². The highest BCUT2D eigenvalue weighted by Crippen LogP contribution is 2.58. The number of ketones is 1. The van der Waals surface area contributed by atoms with Crippen LogP contribution < -0.4 is 0 Å². The van der Waals surface area contributed by atoms with Crippen LogP contribution in [0.15, 0.2) is 67.2 Å². The highest BCUT2D eigenvalue weighted by molar-refractivity contribution is 6.03. The first-order chi connectivity index (χ1) is 14.9. The van der Waals surface area contributed by atoms with Gasteiger partial charge < -0.3 is 14.2 Å². The highest BCUT2D eigenvalue weighted by atomic mass is 16.9. The molecule has 0 N–H and O–H groups in total. The number of carbonyl (C=O) groups is 2. The van der Waals surface area contributed by atoms with Crippen molar-refractivity contribution in [2.75, 3.05) is 0 Å². The van der Waals surface area contributed by atoms with Crippen LogP contribution in [0.1, 0.15) is 55.8 Å². The van der Waals surface area contributed by atoms with Crippen LogP contribution in [0.3, 0.4) is 0 Å². The second-order valence-corrected chi connectivity index (χ2v) is 8.87. The SMILES string of the molecule is C=C1OC2(C[C@H]3C[C@@H](OC(=O)c4ccccc4)[C@H](/C=C/C(=O)C(=C)CCCC)[C@H]3C2)O1. The van der Waals surface area contributed by atoms with Gasteiger partial charge in [-0.1, -0.05) is 44.2 Å². The van der Waals surface area contributed by atoms with Gasteiger partial charge in [0.25, 0.3) is 11.7 Å². The molecule has 1 aromatic carbocycles. The third-order valence-corrected chi connectivity index (χ3v) is 6.70. The van der Waals surface area contributed by atoms with Crippen LogP contribution in [0.5, 0.6) is 0 Å². The molecule has 3 aliphatic rings. The topological polar surface area (TPSA) is 61.8 Å². The number of allylic oxidation sites excluding steroid dienone is 2. The zero-order valence-corrected chi connectivity index (χ0v) is 18.0. The normalized spacial score (nSPS) is 28.0. The lowest BCUT2D eigenvalue weighted by Crippen LogP contribution is -2.43. The molecule has 1 heterocycles. The zero-order valence-electron chi connectivity index (χ0n) is 18.0. The maximum Gasteiger partial charge on any atom is 0.338 e. The molecule has 5 nitrogen and oxygen atoms in total. The van der Waals surface area contributed by atoms with E-state index < -0.39 is 5.79 Å². The van der Waals surface area contributed by atoms with Crippen LogP contribution in [0.2, 0.25) is 0 Å². The minimum absolute atomic E-state index is 0.0535. The van der Waals surface area contributed by atoms with E-state index in [1.807, 2.05) is 24.3 Å². The van der Waals surface area contributed by atoms with Crippen molar-refractivity contribution in [3.63, 3.8) is 0 Å². The molecule has 164 valence electrons. The van der Waals surface area contributed by atoms with E-state index in [1.165, 1.54) is 0 Å². The zero-order chi connectivity index (χ0) is 22.0. The Hall–Kier alpha value is -2.82. The molecule has 0 bridgehead atoms. The van der Waals surface area contributed by atoms with Crippen LogP contribution in [0.4, 0.5) is 0 Å². The predicted molar refractivity (Wildman–Crippen MR) is 117 cm³/mol. The molecule has 0 unspecified atom stereocenters. The number of ether oxygens (including phenoxy) is 3. The number of hydrogen-bond donors (Lipinski definition) is 0. The Morgan fingerprint density at radius 3 is 2.65 bits per heavy atom. The second kappa shape index (κ2) is 8.74. The van der Waals surface area contributed by atoms with Crippen LogP contribution >= 0.6 is 0 Å². The van der Waals surface area contributed by atoms with Gasteiger partial charge in [-0.2, -0.15) is 0 Å². The van der Waals surface area contributed by atoms with Gasteiger partial charge in [0.1, 0.15) is 6.10 Å². The van der Waals surface area contributed by atoms with Gasteiger partial charge in [-0.25, -0.2) is 4.79 Å². The maximum atomic E-state index is 12.7. The van der Waals surface area contributed by atoms with Crippen LogP contribution in [-0.2, 0) is 19.0 Å². The van der Waals surface area contributed by atoms with Crippen molar-refractivity contribution < 1.29 is 23.8 Å². The minimum Gasteiger partial charge on any atom is -0.458 e. The Bertz CT molecular complexity index is 892. The number of benzene rings is 1. The summed E-state index contributed by atoms with van der Waals surface area (Å²) in [7, 11) is 0. The molecule has 2 aliphatic carbocycles. The fraction of sp³-hybridized carbons (Fsp3) is 0.462. The summed E-state index contributed by atoms with van der Waals surface area (Å²) < 4.78 is 17.4. The Kier molecular flexibility index (Phi) is 6.03. The Balaban J connectivity index is 1.48. The van der Waals surface area contributed by atoms with Gasteiger partial charge in [-0.15, -0.1) is 0 Å². The van der Waals surface area contributed by atoms with Gasteiger partial charge in [-0.3, -0.25) is 4.79 Å². The molecule has 5 heteroatoms. The van der Waals surface area contributed by atoms with Crippen molar-refractivity contribution in [1.29, 1.82) is 0 Å². The van der Waals surface area contributed by atoms with E-state index in [0.29, 0.717) is 35.8 Å². The van der Waals surface area contributed by atoms with E-state index in [9.17, 15) is 9.59 Å². The minimum atomic E-state index is -0.596. The number of carbonyl (C=O) groups excluding carboxylic acids is 2. The fourth-order valence-corrected chi connectivity index (χ4v) is 5.19. The summed E-state index contributed by atoms with van der Waals surface area (Å²) in [5.41, 5.74) is 1.15. The van der Waals surface area contributed by atoms with E-state index >= 15 is 0 Å². The molecule has 1 aliphatic heterocycles. The third kappa shape index (κ3) is 4.46. The first kappa shape index (κ1) is 21.4. The van der Waals surface area contributed by atoms with E-state index in [1.54, 1.807) is 18.2 Å². The van der Waals surface area contributed by atoms with Crippen molar-refractivity contribution in [2.45, 2.75) is 57.3 Å². The van der Waals surface area contributed by atoms with Crippen molar-refractivity contribution in [1.82, 2.24) is 0 Å². The number of rotatable bonds is 8. The Morgan fingerprint density at radius 2 is 1.97 bits per heavy atom. The molecule has 0 radical (unpaired) electrons. The smallest absolute Gasteiger partial charge is 0.338 e. The van der Waals surface area contributed by atoms with E-state index in [4.69, 9.17) is 14.2 Å². The first-order valence-corrected chi connectivity index (χ1v) is 11.1. The van der Waals surface area contributed by atoms with Crippen LogP contribution in [-0.4, -0.2) is 23.6 Å². The van der Waals surface area contributed by atoms with Gasteiger partial charge in [0.2, 0.25) is 0 Å². The van der Waals surface area contributed by atoms with Gasteiger partial charge in [0.05, 0.1) is 5.56 Å². The molecule has 31 heavy (non-hydrogen) atoms. The average Bonchev–Trinajstić information content (AvgIpc) is 3.25. The predicted octanol–water partition coefficient (Wildman–Crippen LogP) is 5.34. The summed E-state index contributed by atoms with van der Waals surface area (Å²) in [4.78, 5) is 25.2. The van der Waals surface area contributed by atoms with Gasteiger partial charge >= 0.3 is 5.97 Å². The van der Waals surface area contributed by atoms with E-state index in [2.05, 4.69) is 20.1 Å².